The molecule has 0 bridgehead atoms. The van der Waals surface area contributed by atoms with Crippen LogP contribution in [0.2, 0.25) is 0 Å². The van der Waals surface area contributed by atoms with Gasteiger partial charge in [-0.05, 0) is 49.7 Å². The molecule has 0 radical (unpaired) electrons. The Bertz CT molecular complexity index is 862. The summed E-state index contributed by atoms with van der Waals surface area (Å²) >= 11 is 0. The molecule has 0 unspecified atom stereocenters. The van der Waals surface area contributed by atoms with Gasteiger partial charge in [0.15, 0.2) is 5.76 Å². The van der Waals surface area contributed by atoms with E-state index >= 15 is 0 Å². The second kappa shape index (κ2) is 9.23. The van der Waals surface area contributed by atoms with Crippen molar-refractivity contribution >= 4 is 11.6 Å². The summed E-state index contributed by atoms with van der Waals surface area (Å²) in [6.07, 6.45) is 0. The summed E-state index contributed by atoms with van der Waals surface area (Å²) in [6.45, 7) is 15.8. The molecule has 2 saturated heterocycles. The third-order valence-corrected chi connectivity index (χ3v) is 6.65. The highest BCUT2D eigenvalue weighted by Crippen LogP contribution is 2.24. The molecular weight excluding hydrogens is 376 g/mol. The second-order valence-corrected chi connectivity index (χ2v) is 8.47. The molecule has 3 heterocycles. The average molecular weight is 411 g/mol. The number of likely N-dealkylation sites (N-methyl/N-ethyl adjacent to an activating group) is 1. The SMILES string of the molecule is CCN1CCN(C(=O)c2ccc(CN3CCN(c4cccc(C)c4C)CC3)o2)CC1. The van der Waals surface area contributed by atoms with Crippen LogP contribution in [0, 0.1) is 13.8 Å². The smallest absolute Gasteiger partial charge is 0.289 e. The van der Waals surface area contributed by atoms with Gasteiger partial charge in [-0.25, -0.2) is 0 Å². The lowest BCUT2D eigenvalue weighted by molar-refractivity contribution is 0.0608. The maximum Gasteiger partial charge on any atom is 0.289 e. The van der Waals surface area contributed by atoms with Crippen LogP contribution in [0.25, 0.3) is 0 Å². The minimum absolute atomic E-state index is 0.0248. The normalized spacial score (nSPS) is 18.8. The first-order valence-corrected chi connectivity index (χ1v) is 11.2. The molecule has 0 N–H and O–H groups in total. The summed E-state index contributed by atoms with van der Waals surface area (Å²) in [5.74, 6) is 1.38. The number of anilines is 1. The van der Waals surface area contributed by atoms with E-state index in [0.717, 1.165) is 71.2 Å². The summed E-state index contributed by atoms with van der Waals surface area (Å²) in [5, 5.41) is 0. The van der Waals surface area contributed by atoms with E-state index in [1.165, 1.54) is 16.8 Å². The van der Waals surface area contributed by atoms with E-state index in [9.17, 15) is 4.79 Å². The number of carbonyl (C=O) groups excluding carboxylic acids is 1. The minimum atomic E-state index is 0.0248. The summed E-state index contributed by atoms with van der Waals surface area (Å²) in [5.41, 5.74) is 4.07. The van der Waals surface area contributed by atoms with E-state index in [-0.39, 0.29) is 5.91 Å². The molecule has 2 aromatic rings. The highest BCUT2D eigenvalue weighted by Gasteiger charge is 2.24. The molecule has 0 saturated carbocycles. The lowest BCUT2D eigenvalue weighted by Crippen LogP contribution is -2.48. The topological polar surface area (TPSA) is 43.2 Å². The molecule has 6 heteroatoms. The number of benzene rings is 1. The van der Waals surface area contributed by atoms with Crippen molar-refractivity contribution in [2.45, 2.75) is 27.3 Å². The molecule has 1 aromatic heterocycles. The zero-order valence-electron chi connectivity index (χ0n) is 18.6. The largest absolute Gasteiger partial charge is 0.455 e. The Morgan fingerprint density at radius 3 is 2.30 bits per heavy atom. The molecule has 6 nitrogen and oxygen atoms in total. The fourth-order valence-corrected chi connectivity index (χ4v) is 4.45. The van der Waals surface area contributed by atoms with Crippen LogP contribution in [0.5, 0.6) is 0 Å². The van der Waals surface area contributed by atoms with E-state index in [1.54, 1.807) is 0 Å². The molecule has 0 aliphatic carbocycles. The molecule has 4 rings (SSSR count). The maximum atomic E-state index is 12.8. The van der Waals surface area contributed by atoms with Crippen molar-refractivity contribution in [2.24, 2.45) is 0 Å². The molecule has 2 aliphatic rings. The summed E-state index contributed by atoms with van der Waals surface area (Å²) in [4.78, 5) is 21.9. The van der Waals surface area contributed by atoms with Gasteiger partial charge in [-0.15, -0.1) is 0 Å². The second-order valence-electron chi connectivity index (χ2n) is 8.47. The van der Waals surface area contributed by atoms with Crippen LogP contribution < -0.4 is 4.90 Å². The first-order chi connectivity index (χ1) is 14.5. The predicted molar refractivity (Wildman–Crippen MR) is 120 cm³/mol. The minimum Gasteiger partial charge on any atom is -0.455 e. The van der Waals surface area contributed by atoms with Crippen molar-refractivity contribution in [1.82, 2.24) is 14.7 Å². The standard InChI is InChI=1S/C24H34N4O2/c1-4-25-10-16-28(17-11-25)24(29)23-9-8-21(30-23)18-26-12-14-27(15-13-26)22-7-5-6-19(2)20(22)3/h5-9H,4,10-18H2,1-3H3. The number of amides is 1. The van der Waals surface area contributed by atoms with Crippen molar-refractivity contribution in [3.63, 3.8) is 0 Å². The number of nitrogens with zero attached hydrogens (tertiary/aromatic N) is 4. The van der Waals surface area contributed by atoms with Gasteiger partial charge in [-0.1, -0.05) is 19.1 Å². The summed E-state index contributed by atoms with van der Waals surface area (Å²) in [6, 6.07) is 10.4. The van der Waals surface area contributed by atoms with Crippen molar-refractivity contribution in [2.75, 3.05) is 63.8 Å². The van der Waals surface area contributed by atoms with E-state index in [1.807, 2.05) is 17.0 Å². The van der Waals surface area contributed by atoms with E-state index in [0.29, 0.717) is 5.76 Å². The Kier molecular flexibility index (Phi) is 6.44. The van der Waals surface area contributed by atoms with Gasteiger partial charge in [0.1, 0.15) is 5.76 Å². The lowest BCUT2D eigenvalue weighted by Gasteiger charge is -2.36. The van der Waals surface area contributed by atoms with Crippen LogP contribution in [-0.4, -0.2) is 79.5 Å². The quantitative estimate of drug-likeness (QED) is 0.758. The van der Waals surface area contributed by atoms with Crippen molar-refractivity contribution in [3.8, 4) is 0 Å². The van der Waals surface area contributed by atoms with Crippen LogP contribution in [-0.2, 0) is 6.54 Å². The zero-order chi connectivity index (χ0) is 21.1. The van der Waals surface area contributed by atoms with Crippen molar-refractivity contribution < 1.29 is 9.21 Å². The van der Waals surface area contributed by atoms with Gasteiger partial charge in [0.05, 0.1) is 6.54 Å². The molecular formula is C24H34N4O2. The number of hydrogen-bond donors (Lipinski definition) is 0. The van der Waals surface area contributed by atoms with Gasteiger partial charge in [0.2, 0.25) is 0 Å². The van der Waals surface area contributed by atoms with Crippen LogP contribution >= 0.6 is 0 Å². The van der Waals surface area contributed by atoms with E-state index in [2.05, 4.69) is 53.7 Å². The fourth-order valence-electron chi connectivity index (χ4n) is 4.45. The molecule has 0 spiro atoms. The third kappa shape index (κ3) is 4.55. The lowest BCUT2D eigenvalue weighted by atomic mass is 10.1. The molecule has 0 atom stereocenters. The Labute approximate surface area is 180 Å². The van der Waals surface area contributed by atoms with E-state index in [4.69, 9.17) is 4.42 Å². The molecule has 2 aliphatic heterocycles. The number of rotatable bonds is 5. The molecule has 1 amide bonds. The van der Waals surface area contributed by atoms with Crippen LogP contribution in [0.1, 0.15) is 34.4 Å². The van der Waals surface area contributed by atoms with Gasteiger partial charge in [-0.3, -0.25) is 9.69 Å². The molecule has 2 fully saturated rings. The number of piperazine rings is 2. The van der Waals surface area contributed by atoms with Gasteiger partial charge in [0, 0.05) is 58.0 Å². The Morgan fingerprint density at radius 2 is 1.60 bits per heavy atom. The monoisotopic (exact) mass is 410 g/mol. The number of carbonyl (C=O) groups is 1. The summed E-state index contributed by atoms with van der Waals surface area (Å²) < 4.78 is 5.94. The van der Waals surface area contributed by atoms with Crippen molar-refractivity contribution in [3.05, 3.63) is 53.0 Å². The van der Waals surface area contributed by atoms with Crippen LogP contribution in [0.3, 0.4) is 0 Å². The first kappa shape index (κ1) is 20.9. The zero-order valence-corrected chi connectivity index (χ0v) is 18.6. The fraction of sp³-hybridized carbons (Fsp3) is 0.542. The van der Waals surface area contributed by atoms with Crippen LogP contribution in [0.15, 0.2) is 34.7 Å². The van der Waals surface area contributed by atoms with Gasteiger partial charge in [-0.2, -0.15) is 0 Å². The Hall–Kier alpha value is -2.31. The highest BCUT2D eigenvalue weighted by atomic mass is 16.4. The highest BCUT2D eigenvalue weighted by molar-refractivity contribution is 5.91. The van der Waals surface area contributed by atoms with Gasteiger partial charge >= 0.3 is 0 Å². The van der Waals surface area contributed by atoms with Gasteiger partial charge < -0.3 is 19.1 Å². The maximum absolute atomic E-state index is 12.8. The summed E-state index contributed by atoms with van der Waals surface area (Å²) in [7, 11) is 0. The van der Waals surface area contributed by atoms with Crippen molar-refractivity contribution in [1.29, 1.82) is 0 Å². The molecule has 1 aromatic carbocycles. The van der Waals surface area contributed by atoms with Gasteiger partial charge in [0.25, 0.3) is 5.91 Å². The first-order valence-electron chi connectivity index (χ1n) is 11.2. The van der Waals surface area contributed by atoms with E-state index < -0.39 is 0 Å². The molecule has 162 valence electrons. The number of furan rings is 1. The number of aryl methyl sites for hydroxylation is 1. The Morgan fingerprint density at radius 1 is 0.900 bits per heavy atom. The predicted octanol–water partition coefficient (Wildman–Crippen LogP) is 3.00. The number of hydrogen-bond acceptors (Lipinski definition) is 5. The average Bonchev–Trinajstić information content (AvgIpc) is 3.24. The third-order valence-electron chi connectivity index (χ3n) is 6.65. The molecule has 30 heavy (non-hydrogen) atoms. The Balaban J connectivity index is 1.30. The van der Waals surface area contributed by atoms with Crippen LogP contribution in [0.4, 0.5) is 5.69 Å².